The normalized spacial score (nSPS) is 27.4. The van der Waals surface area contributed by atoms with Gasteiger partial charge in [-0.15, -0.1) is 0 Å². The van der Waals surface area contributed by atoms with Gasteiger partial charge >= 0.3 is 0 Å². The molecule has 2 N–H and O–H groups in total. The number of ether oxygens (including phenoxy) is 1. The Kier molecular flexibility index (Phi) is 3.45. The largest absolute Gasteiger partial charge is 0.466 e. The zero-order valence-corrected chi connectivity index (χ0v) is 10.9. The predicted molar refractivity (Wildman–Crippen MR) is 65.5 cm³/mol. The zero-order valence-electron chi connectivity index (χ0n) is 10.9. The van der Waals surface area contributed by atoms with Gasteiger partial charge < -0.3 is 19.6 Å². The van der Waals surface area contributed by atoms with Crippen LogP contribution in [0.25, 0.3) is 0 Å². The first-order valence-corrected chi connectivity index (χ1v) is 6.11. The summed E-state index contributed by atoms with van der Waals surface area (Å²) in [6, 6.07) is 1.70. The lowest BCUT2D eigenvalue weighted by molar-refractivity contribution is -0.0251. The minimum atomic E-state index is -0.970. The minimum absolute atomic E-state index is 0.191. The molecule has 0 bridgehead atoms. The Morgan fingerprint density at radius 1 is 1.61 bits per heavy atom. The van der Waals surface area contributed by atoms with E-state index in [-0.39, 0.29) is 18.6 Å². The molecule has 0 aromatic carbocycles. The van der Waals surface area contributed by atoms with Gasteiger partial charge in [0, 0.05) is 19.6 Å². The standard InChI is InChI=1S/C13H19NO4/c1-8-6-11(9(2)18-8)12(15)14-7-13(16)4-5-17-10(13)3/h6,10,16H,4-5,7H2,1-3H3,(H,14,15). The molecule has 5 nitrogen and oxygen atoms in total. The third-order valence-corrected chi connectivity index (χ3v) is 3.50. The van der Waals surface area contributed by atoms with Crippen molar-refractivity contribution in [3.63, 3.8) is 0 Å². The topological polar surface area (TPSA) is 71.7 Å². The fourth-order valence-electron chi connectivity index (χ4n) is 2.19. The molecule has 2 rings (SSSR count). The van der Waals surface area contributed by atoms with E-state index in [0.29, 0.717) is 30.1 Å². The summed E-state index contributed by atoms with van der Waals surface area (Å²) in [7, 11) is 0. The van der Waals surface area contributed by atoms with E-state index in [1.54, 1.807) is 19.9 Å². The SMILES string of the molecule is Cc1cc(C(=O)NCC2(O)CCOC2C)c(C)o1. The molecule has 0 spiro atoms. The summed E-state index contributed by atoms with van der Waals surface area (Å²) in [4.78, 5) is 12.0. The lowest BCUT2D eigenvalue weighted by Gasteiger charge is -2.26. The summed E-state index contributed by atoms with van der Waals surface area (Å²) in [6.07, 6.45) is 0.280. The maximum atomic E-state index is 12.0. The lowest BCUT2D eigenvalue weighted by atomic mass is 9.96. The molecule has 0 saturated carbocycles. The molecular weight excluding hydrogens is 234 g/mol. The Morgan fingerprint density at radius 2 is 2.33 bits per heavy atom. The third-order valence-electron chi connectivity index (χ3n) is 3.50. The Balaban J connectivity index is 1.98. The first-order chi connectivity index (χ1) is 8.42. The maximum absolute atomic E-state index is 12.0. The van der Waals surface area contributed by atoms with E-state index in [4.69, 9.17) is 9.15 Å². The molecule has 0 radical (unpaired) electrons. The molecule has 2 heterocycles. The minimum Gasteiger partial charge on any atom is -0.466 e. The predicted octanol–water partition coefficient (Wildman–Crippen LogP) is 1.17. The van der Waals surface area contributed by atoms with E-state index >= 15 is 0 Å². The van der Waals surface area contributed by atoms with Crippen LogP contribution in [0, 0.1) is 13.8 Å². The highest BCUT2D eigenvalue weighted by Crippen LogP contribution is 2.25. The summed E-state index contributed by atoms with van der Waals surface area (Å²) >= 11 is 0. The second-order valence-corrected chi connectivity index (χ2v) is 4.88. The molecule has 0 aliphatic carbocycles. The summed E-state index contributed by atoms with van der Waals surface area (Å²) in [5.41, 5.74) is -0.454. The fourth-order valence-corrected chi connectivity index (χ4v) is 2.19. The lowest BCUT2D eigenvalue weighted by Crippen LogP contribution is -2.47. The number of carbonyl (C=O) groups is 1. The van der Waals surface area contributed by atoms with Crippen molar-refractivity contribution in [2.75, 3.05) is 13.2 Å². The van der Waals surface area contributed by atoms with Crippen molar-refractivity contribution in [2.45, 2.75) is 38.9 Å². The van der Waals surface area contributed by atoms with Gasteiger partial charge in [-0.1, -0.05) is 0 Å². The van der Waals surface area contributed by atoms with Crippen LogP contribution in [-0.2, 0) is 4.74 Å². The first kappa shape index (κ1) is 13.1. The summed E-state index contributed by atoms with van der Waals surface area (Å²) in [5, 5.41) is 13.0. The van der Waals surface area contributed by atoms with E-state index in [1.165, 1.54) is 0 Å². The molecule has 2 atom stereocenters. The van der Waals surface area contributed by atoms with Crippen LogP contribution in [0.15, 0.2) is 10.5 Å². The number of aryl methyl sites for hydroxylation is 2. The van der Waals surface area contributed by atoms with Gasteiger partial charge in [-0.05, 0) is 26.8 Å². The highest BCUT2D eigenvalue weighted by Gasteiger charge is 2.39. The van der Waals surface area contributed by atoms with Crippen molar-refractivity contribution in [3.05, 3.63) is 23.2 Å². The van der Waals surface area contributed by atoms with E-state index < -0.39 is 5.60 Å². The average Bonchev–Trinajstić information content (AvgIpc) is 2.80. The van der Waals surface area contributed by atoms with E-state index in [9.17, 15) is 9.90 Å². The Labute approximate surface area is 106 Å². The van der Waals surface area contributed by atoms with Gasteiger partial charge in [0.05, 0.1) is 11.7 Å². The van der Waals surface area contributed by atoms with Crippen molar-refractivity contribution in [1.82, 2.24) is 5.32 Å². The number of aliphatic hydroxyl groups is 1. The highest BCUT2D eigenvalue weighted by atomic mass is 16.5. The number of hydrogen-bond donors (Lipinski definition) is 2. The Morgan fingerprint density at radius 3 is 2.83 bits per heavy atom. The van der Waals surface area contributed by atoms with Crippen LogP contribution in [0.1, 0.15) is 35.2 Å². The van der Waals surface area contributed by atoms with Crippen LogP contribution >= 0.6 is 0 Å². The first-order valence-electron chi connectivity index (χ1n) is 6.11. The van der Waals surface area contributed by atoms with Crippen LogP contribution in [0.2, 0.25) is 0 Å². The summed E-state index contributed by atoms with van der Waals surface area (Å²) in [5.74, 6) is 1.07. The van der Waals surface area contributed by atoms with Gasteiger partial charge in [0.25, 0.3) is 5.91 Å². The molecule has 100 valence electrons. The molecule has 18 heavy (non-hydrogen) atoms. The summed E-state index contributed by atoms with van der Waals surface area (Å²) in [6.45, 7) is 6.07. The van der Waals surface area contributed by atoms with Crippen molar-refractivity contribution < 1.29 is 19.1 Å². The number of hydrogen-bond acceptors (Lipinski definition) is 4. The van der Waals surface area contributed by atoms with Crippen LogP contribution < -0.4 is 5.32 Å². The second kappa shape index (κ2) is 4.74. The Hall–Kier alpha value is -1.33. The summed E-state index contributed by atoms with van der Waals surface area (Å²) < 4.78 is 10.6. The molecule has 2 unspecified atom stereocenters. The third kappa shape index (κ3) is 2.42. The molecule has 1 amide bonds. The van der Waals surface area contributed by atoms with Gasteiger partial charge in [-0.3, -0.25) is 4.79 Å². The van der Waals surface area contributed by atoms with Crippen molar-refractivity contribution in [2.24, 2.45) is 0 Å². The fraction of sp³-hybridized carbons (Fsp3) is 0.615. The van der Waals surface area contributed by atoms with Crippen molar-refractivity contribution in [3.8, 4) is 0 Å². The van der Waals surface area contributed by atoms with Crippen LogP contribution in [0.3, 0.4) is 0 Å². The van der Waals surface area contributed by atoms with Gasteiger partial charge in [0.1, 0.15) is 17.1 Å². The number of furan rings is 1. The molecule has 1 aromatic rings. The molecule has 1 saturated heterocycles. The maximum Gasteiger partial charge on any atom is 0.254 e. The van der Waals surface area contributed by atoms with Crippen LogP contribution in [0.5, 0.6) is 0 Å². The van der Waals surface area contributed by atoms with Gasteiger partial charge in [0.2, 0.25) is 0 Å². The van der Waals surface area contributed by atoms with Gasteiger partial charge in [-0.25, -0.2) is 0 Å². The van der Waals surface area contributed by atoms with Crippen molar-refractivity contribution >= 4 is 5.91 Å². The number of amides is 1. The van der Waals surface area contributed by atoms with E-state index in [0.717, 1.165) is 0 Å². The monoisotopic (exact) mass is 253 g/mol. The molecular formula is C13H19NO4. The van der Waals surface area contributed by atoms with Crippen molar-refractivity contribution in [1.29, 1.82) is 0 Å². The Bertz CT molecular complexity index is 454. The zero-order chi connectivity index (χ0) is 13.3. The molecule has 1 aliphatic rings. The number of nitrogens with one attached hydrogen (secondary N) is 1. The average molecular weight is 253 g/mol. The molecule has 1 fully saturated rings. The number of carbonyl (C=O) groups excluding carboxylic acids is 1. The quantitative estimate of drug-likeness (QED) is 0.848. The second-order valence-electron chi connectivity index (χ2n) is 4.88. The molecule has 5 heteroatoms. The molecule has 1 aromatic heterocycles. The smallest absolute Gasteiger partial charge is 0.254 e. The van der Waals surface area contributed by atoms with Gasteiger partial charge in [0.15, 0.2) is 0 Å². The van der Waals surface area contributed by atoms with Gasteiger partial charge in [-0.2, -0.15) is 0 Å². The van der Waals surface area contributed by atoms with Crippen LogP contribution in [-0.4, -0.2) is 35.9 Å². The van der Waals surface area contributed by atoms with E-state index in [2.05, 4.69) is 5.32 Å². The number of rotatable bonds is 3. The van der Waals surface area contributed by atoms with E-state index in [1.807, 2.05) is 6.92 Å². The highest BCUT2D eigenvalue weighted by molar-refractivity contribution is 5.95. The molecule has 1 aliphatic heterocycles. The van der Waals surface area contributed by atoms with Crippen LogP contribution in [0.4, 0.5) is 0 Å².